The Morgan fingerprint density at radius 1 is 1.29 bits per heavy atom. The molecule has 0 saturated heterocycles. The van der Waals surface area contributed by atoms with E-state index in [0.29, 0.717) is 34.8 Å². The zero-order chi connectivity index (χ0) is 17.7. The van der Waals surface area contributed by atoms with Crippen molar-refractivity contribution in [2.45, 2.75) is 59.5 Å². The number of carbonyl (C=O) groups excluding carboxylic acids is 1. The lowest BCUT2D eigenvalue weighted by Crippen LogP contribution is -2.37. The van der Waals surface area contributed by atoms with Crippen molar-refractivity contribution in [3.8, 4) is 0 Å². The van der Waals surface area contributed by atoms with E-state index < -0.39 is 7.77 Å². The summed E-state index contributed by atoms with van der Waals surface area (Å²) in [6, 6.07) is 9.19. The number of hydrogen-bond acceptors (Lipinski definition) is 3. The largest absolute Gasteiger partial charge is 0.625 e. The Labute approximate surface area is 146 Å². The van der Waals surface area contributed by atoms with E-state index in [0.717, 1.165) is 12.8 Å². The highest BCUT2D eigenvalue weighted by Gasteiger charge is 2.35. The Kier molecular flexibility index (Phi) is 7.01. The Hall–Kier alpha value is -1.18. The molecule has 4 heteroatoms. The van der Waals surface area contributed by atoms with E-state index in [2.05, 4.69) is 20.8 Å². The number of rotatable bonds is 5. The van der Waals surface area contributed by atoms with E-state index in [9.17, 15) is 9.69 Å². The molecule has 1 aromatic carbocycles. The van der Waals surface area contributed by atoms with Crippen LogP contribution in [-0.2, 0) is 9.53 Å². The van der Waals surface area contributed by atoms with Crippen LogP contribution in [0.3, 0.4) is 0 Å². The highest BCUT2D eigenvalue weighted by molar-refractivity contribution is 7.61. The summed E-state index contributed by atoms with van der Waals surface area (Å²) >= 11 is 0. The van der Waals surface area contributed by atoms with Crippen molar-refractivity contribution in [3.05, 3.63) is 30.3 Å². The first-order chi connectivity index (χ1) is 11.4. The molecular weight excluding hydrogens is 319 g/mol. The van der Waals surface area contributed by atoms with Crippen molar-refractivity contribution in [3.63, 3.8) is 0 Å². The van der Waals surface area contributed by atoms with Gasteiger partial charge in [0.25, 0.3) is 0 Å². The SMILES string of the molecule is CCC(C(=O)OC1CC(C)CCC1C(C)C)=[P+]([O-])c1ccccc1. The van der Waals surface area contributed by atoms with Crippen molar-refractivity contribution in [2.75, 3.05) is 0 Å². The van der Waals surface area contributed by atoms with Gasteiger partial charge in [0.15, 0.2) is 0 Å². The predicted molar refractivity (Wildman–Crippen MR) is 99.5 cm³/mol. The lowest BCUT2D eigenvalue weighted by atomic mass is 9.75. The predicted octanol–water partition coefficient (Wildman–Crippen LogP) is 3.66. The molecule has 0 aromatic heterocycles. The molecule has 24 heavy (non-hydrogen) atoms. The van der Waals surface area contributed by atoms with Gasteiger partial charge in [-0.3, -0.25) is 0 Å². The van der Waals surface area contributed by atoms with Crippen molar-refractivity contribution >= 4 is 24.3 Å². The van der Waals surface area contributed by atoms with Crippen LogP contribution in [-0.4, -0.2) is 17.4 Å². The van der Waals surface area contributed by atoms with E-state index in [1.165, 1.54) is 6.42 Å². The number of benzene rings is 1. The fourth-order valence-electron chi connectivity index (χ4n) is 3.55. The fraction of sp³-hybridized carbons (Fsp3) is 0.600. The Morgan fingerprint density at radius 3 is 2.54 bits per heavy atom. The van der Waals surface area contributed by atoms with Crippen LogP contribution in [0.4, 0.5) is 0 Å². The summed E-state index contributed by atoms with van der Waals surface area (Å²) in [5, 5.41) is 1.09. The number of hydrogen-bond donors (Lipinski definition) is 0. The molecule has 1 aliphatic rings. The van der Waals surface area contributed by atoms with Crippen LogP contribution in [0.15, 0.2) is 30.3 Å². The van der Waals surface area contributed by atoms with E-state index >= 15 is 0 Å². The molecule has 4 unspecified atom stereocenters. The van der Waals surface area contributed by atoms with Gasteiger partial charge >= 0.3 is 5.97 Å². The Morgan fingerprint density at radius 2 is 1.96 bits per heavy atom. The summed E-state index contributed by atoms with van der Waals surface area (Å²) in [6.45, 7) is 8.47. The number of carbonyl (C=O) groups is 1. The minimum Gasteiger partial charge on any atom is -0.625 e. The zero-order valence-electron chi connectivity index (χ0n) is 15.2. The second kappa shape index (κ2) is 8.78. The zero-order valence-corrected chi connectivity index (χ0v) is 16.1. The summed E-state index contributed by atoms with van der Waals surface area (Å²) in [5.74, 6) is 1.10. The molecule has 3 nitrogen and oxygen atoms in total. The van der Waals surface area contributed by atoms with Crippen LogP contribution >= 0.6 is 7.77 Å². The maximum atomic E-state index is 12.7. The van der Waals surface area contributed by atoms with Crippen molar-refractivity contribution in [1.82, 2.24) is 0 Å². The normalized spacial score (nSPS) is 25.3. The van der Waals surface area contributed by atoms with Gasteiger partial charge < -0.3 is 9.63 Å². The second-order valence-electron chi connectivity index (χ2n) is 7.20. The summed E-state index contributed by atoms with van der Waals surface area (Å²) in [4.78, 5) is 25.4. The molecule has 1 fully saturated rings. The highest BCUT2D eigenvalue weighted by Crippen LogP contribution is 2.35. The second-order valence-corrected chi connectivity index (χ2v) is 8.85. The molecule has 1 saturated carbocycles. The third-order valence-electron chi connectivity index (χ3n) is 5.03. The highest BCUT2D eigenvalue weighted by atomic mass is 31.1. The van der Waals surface area contributed by atoms with Crippen molar-refractivity contribution < 1.29 is 14.4 Å². The Bertz CT molecular complexity index is 580. The topological polar surface area (TPSA) is 49.4 Å². The van der Waals surface area contributed by atoms with Gasteiger partial charge in [-0.05, 0) is 42.7 Å². The molecule has 0 heterocycles. The van der Waals surface area contributed by atoms with Crippen LogP contribution in [0, 0.1) is 17.8 Å². The lowest BCUT2D eigenvalue weighted by molar-refractivity contribution is -0.152. The van der Waals surface area contributed by atoms with Gasteiger partial charge in [0, 0.05) is 6.42 Å². The maximum absolute atomic E-state index is 12.7. The van der Waals surface area contributed by atoms with E-state index in [1.54, 1.807) is 12.1 Å². The van der Waals surface area contributed by atoms with Gasteiger partial charge in [-0.15, -0.1) is 0 Å². The van der Waals surface area contributed by atoms with Crippen LogP contribution in [0.2, 0.25) is 0 Å². The third kappa shape index (κ3) is 4.68. The fourth-order valence-corrected chi connectivity index (χ4v) is 4.81. The van der Waals surface area contributed by atoms with Crippen molar-refractivity contribution in [2.24, 2.45) is 17.8 Å². The van der Waals surface area contributed by atoms with E-state index in [4.69, 9.17) is 4.74 Å². The van der Waals surface area contributed by atoms with Gasteiger partial charge in [-0.2, -0.15) is 0 Å². The van der Waals surface area contributed by atoms with E-state index in [-0.39, 0.29) is 12.1 Å². The first kappa shape index (κ1) is 19.1. The average Bonchev–Trinajstić information content (AvgIpc) is 2.56. The van der Waals surface area contributed by atoms with Crippen LogP contribution in [0.25, 0.3) is 0 Å². The van der Waals surface area contributed by atoms with Gasteiger partial charge in [0.1, 0.15) is 19.2 Å². The lowest BCUT2D eigenvalue weighted by Gasteiger charge is -2.36. The van der Waals surface area contributed by atoms with Crippen molar-refractivity contribution in [1.29, 1.82) is 0 Å². The number of esters is 1. The summed E-state index contributed by atoms with van der Waals surface area (Å²) < 4.78 is 5.87. The molecule has 4 atom stereocenters. The van der Waals surface area contributed by atoms with Gasteiger partial charge in [-0.1, -0.05) is 52.3 Å². The van der Waals surface area contributed by atoms with Gasteiger partial charge in [-0.25, -0.2) is 4.79 Å². The van der Waals surface area contributed by atoms with Crippen LogP contribution < -0.4 is 10.2 Å². The molecule has 2 rings (SSSR count). The summed E-state index contributed by atoms with van der Waals surface area (Å²) in [7, 11) is -1.85. The molecule has 0 spiro atoms. The monoisotopic (exact) mass is 348 g/mol. The van der Waals surface area contributed by atoms with Crippen LogP contribution in [0.1, 0.15) is 53.4 Å². The third-order valence-corrected chi connectivity index (χ3v) is 6.78. The maximum Gasteiger partial charge on any atom is 0.377 e. The Balaban J connectivity index is 2.19. The van der Waals surface area contributed by atoms with E-state index in [1.807, 2.05) is 25.1 Å². The summed E-state index contributed by atoms with van der Waals surface area (Å²) in [6.07, 6.45) is 3.61. The van der Waals surface area contributed by atoms with Crippen LogP contribution in [0.5, 0.6) is 0 Å². The van der Waals surface area contributed by atoms with Gasteiger partial charge in [0.05, 0.1) is 0 Å². The summed E-state index contributed by atoms with van der Waals surface area (Å²) in [5.41, 5.74) is 0. The minimum atomic E-state index is -1.85. The molecule has 0 aliphatic heterocycles. The number of ether oxygens (including phenoxy) is 1. The van der Waals surface area contributed by atoms with Gasteiger partial charge in [0.2, 0.25) is 5.29 Å². The molecular formula is C20H29O3P. The molecule has 1 aromatic rings. The molecule has 0 N–H and O–H groups in total. The first-order valence-corrected chi connectivity index (χ1v) is 10.3. The smallest absolute Gasteiger partial charge is 0.377 e. The standard InChI is InChI=1S/C20H29O3P/c1-5-19(24(22)16-9-7-6-8-10-16)20(21)23-18-13-15(4)11-12-17(18)14(2)3/h6-10,14-15,17-18H,5,11-13H2,1-4H3. The molecule has 132 valence electrons. The molecule has 1 aliphatic carbocycles. The molecule has 0 radical (unpaired) electrons. The average molecular weight is 348 g/mol. The first-order valence-electron chi connectivity index (χ1n) is 9.03. The minimum absolute atomic E-state index is 0.0537. The molecule has 0 bridgehead atoms. The quantitative estimate of drug-likeness (QED) is 0.603. The molecule has 0 amide bonds.